The van der Waals surface area contributed by atoms with Crippen LogP contribution in [0.1, 0.15) is 5.56 Å². The number of pyridine rings is 1. The molecule has 0 saturated heterocycles. The summed E-state index contributed by atoms with van der Waals surface area (Å²) in [6.07, 6.45) is -3.26. The van der Waals surface area contributed by atoms with Crippen molar-refractivity contribution in [2.24, 2.45) is 0 Å². The number of rotatable bonds is 1. The maximum absolute atomic E-state index is 12.2. The molecule has 0 aliphatic rings. The van der Waals surface area contributed by atoms with Gasteiger partial charge in [-0.25, -0.2) is 0 Å². The highest BCUT2D eigenvalue weighted by molar-refractivity contribution is 14.1. The molecular weight excluding hydrogens is 316 g/mol. The lowest BCUT2D eigenvalue weighted by Gasteiger charge is -2.07. The summed E-state index contributed by atoms with van der Waals surface area (Å²) >= 11 is 1.28. The number of nitrogens with zero attached hydrogens (tertiary/aromatic N) is 2. The van der Waals surface area contributed by atoms with E-state index in [1.807, 2.05) is 0 Å². The van der Waals surface area contributed by atoms with Gasteiger partial charge in [0.1, 0.15) is 9.77 Å². The number of alkyl halides is 3. The monoisotopic (exact) mass is 318 g/mol. The van der Waals surface area contributed by atoms with E-state index in [2.05, 4.69) is 4.98 Å². The van der Waals surface area contributed by atoms with Crippen molar-refractivity contribution in [2.45, 2.75) is 6.18 Å². The van der Waals surface area contributed by atoms with E-state index in [0.29, 0.717) is 6.20 Å². The van der Waals surface area contributed by atoms with Gasteiger partial charge in [0.05, 0.1) is 10.5 Å². The number of aromatic nitrogens is 1. The third-order valence-corrected chi connectivity index (χ3v) is 2.50. The van der Waals surface area contributed by atoms with E-state index in [1.165, 1.54) is 22.6 Å². The largest absolute Gasteiger partial charge is 0.419 e. The van der Waals surface area contributed by atoms with Crippen LogP contribution in [0.2, 0.25) is 0 Å². The second-order valence-electron chi connectivity index (χ2n) is 2.28. The Kier molecular flexibility index (Phi) is 2.92. The van der Waals surface area contributed by atoms with E-state index in [0.717, 1.165) is 6.20 Å². The molecule has 1 rings (SSSR count). The van der Waals surface area contributed by atoms with E-state index >= 15 is 0 Å². The Bertz CT molecular complexity index is 380. The molecule has 76 valence electrons. The van der Waals surface area contributed by atoms with Gasteiger partial charge < -0.3 is 0 Å². The van der Waals surface area contributed by atoms with Crippen LogP contribution >= 0.6 is 22.6 Å². The molecule has 0 aliphatic carbocycles. The van der Waals surface area contributed by atoms with Gasteiger partial charge in [-0.2, -0.15) is 13.2 Å². The lowest BCUT2D eigenvalue weighted by molar-refractivity contribution is -0.386. The van der Waals surface area contributed by atoms with Gasteiger partial charge in [0.2, 0.25) is 0 Å². The smallest absolute Gasteiger partial charge is 0.258 e. The van der Waals surface area contributed by atoms with Gasteiger partial charge in [-0.3, -0.25) is 15.1 Å². The molecule has 0 bridgehead atoms. The molecule has 1 aromatic rings. The second kappa shape index (κ2) is 3.67. The van der Waals surface area contributed by atoms with Crippen molar-refractivity contribution in [1.82, 2.24) is 4.98 Å². The lowest BCUT2D eigenvalue weighted by Crippen LogP contribution is -2.09. The number of halogens is 4. The Balaban J connectivity index is 3.35. The first-order valence-electron chi connectivity index (χ1n) is 3.19. The Hall–Kier alpha value is -0.930. The molecular formula is C6H2F3IN2O2. The van der Waals surface area contributed by atoms with Gasteiger partial charge in [0.25, 0.3) is 0 Å². The van der Waals surface area contributed by atoms with Crippen molar-refractivity contribution in [3.8, 4) is 0 Å². The van der Waals surface area contributed by atoms with Crippen LogP contribution in [-0.2, 0) is 6.18 Å². The van der Waals surface area contributed by atoms with Crippen molar-refractivity contribution < 1.29 is 18.1 Å². The maximum Gasteiger partial charge on any atom is 0.419 e. The highest BCUT2D eigenvalue weighted by Gasteiger charge is 2.36. The van der Waals surface area contributed by atoms with Gasteiger partial charge in [0, 0.05) is 6.20 Å². The topological polar surface area (TPSA) is 56.0 Å². The third kappa shape index (κ3) is 2.11. The normalized spacial score (nSPS) is 11.4. The second-order valence-corrected chi connectivity index (χ2v) is 3.35. The molecule has 0 spiro atoms. The molecule has 4 nitrogen and oxygen atoms in total. The van der Waals surface area contributed by atoms with Gasteiger partial charge in [-0.05, 0) is 22.6 Å². The SMILES string of the molecule is O=[N+]([O-])c1cncc(C(F)(F)F)c1I. The first kappa shape index (κ1) is 11.1. The summed E-state index contributed by atoms with van der Waals surface area (Å²) in [6, 6.07) is 0. The zero-order chi connectivity index (χ0) is 10.9. The van der Waals surface area contributed by atoms with E-state index in [4.69, 9.17) is 0 Å². The molecule has 0 saturated carbocycles. The Morgan fingerprint density at radius 1 is 1.43 bits per heavy atom. The van der Waals surface area contributed by atoms with Crippen molar-refractivity contribution in [2.75, 3.05) is 0 Å². The minimum absolute atomic E-state index is 0.449. The summed E-state index contributed by atoms with van der Waals surface area (Å²) < 4.78 is 36.2. The lowest BCUT2D eigenvalue weighted by atomic mass is 10.2. The fourth-order valence-corrected chi connectivity index (χ4v) is 1.54. The molecule has 0 aromatic carbocycles. The summed E-state index contributed by atoms with van der Waals surface area (Å²) in [4.78, 5) is 12.6. The fourth-order valence-electron chi connectivity index (χ4n) is 0.759. The average molecular weight is 318 g/mol. The van der Waals surface area contributed by atoms with Gasteiger partial charge in [-0.15, -0.1) is 0 Å². The summed E-state index contributed by atoms with van der Waals surface area (Å²) in [5.41, 5.74) is -1.73. The van der Waals surface area contributed by atoms with Crippen LogP contribution in [0.5, 0.6) is 0 Å². The average Bonchev–Trinajstić information content (AvgIpc) is 2.01. The standard InChI is InChI=1S/C6H2F3IN2O2/c7-6(8,9)3-1-11-2-4(5(3)10)12(13)14/h1-2H. The summed E-state index contributed by atoms with van der Waals surface area (Å²) in [5, 5.41) is 10.3. The van der Waals surface area contributed by atoms with Crippen LogP contribution in [0.25, 0.3) is 0 Å². The molecule has 0 fully saturated rings. The first-order valence-corrected chi connectivity index (χ1v) is 4.27. The minimum atomic E-state index is -4.62. The predicted octanol–water partition coefficient (Wildman–Crippen LogP) is 2.61. The fraction of sp³-hybridized carbons (Fsp3) is 0.167. The molecule has 0 aliphatic heterocycles. The molecule has 0 atom stereocenters. The van der Waals surface area contributed by atoms with Crippen LogP contribution in [0.15, 0.2) is 12.4 Å². The minimum Gasteiger partial charge on any atom is -0.258 e. The molecule has 1 heterocycles. The van der Waals surface area contributed by atoms with Crippen LogP contribution in [-0.4, -0.2) is 9.91 Å². The van der Waals surface area contributed by atoms with Gasteiger partial charge in [-0.1, -0.05) is 0 Å². The molecule has 0 amide bonds. The zero-order valence-corrected chi connectivity index (χ0v) is 8.53. The predicted molar refractivity (Wildman–Crippen MR) is 48.6 cm³/mol. The van der Waals surface area contributed by atoms with Crippen molar-refractivity contribution >= 4 is 28.3 Å². The van der Waals surface area contributed by atoms with Crippen LogP contribution in [0.4, 0.5) is 18.9 Å². The van der Waals surface area contributed by atoms with Crippen molar-refractivity contribution in [3.63, 3.8) is 0 Å². The first-order chi connectivity index (χ1) is 6.34. The quantitative estimate of drug-likeness (QED) is 0.454. The number of hydrogen-bond donors (Lipinski definition) is 0. The van der Waals surface area contributed by atoms with Crippen molar-refractivity contribution in [3.05, 3.63) is 31.6 Å². The van der Waals surface area contributed by atoms with Crippen LogP contribution in [0.3, 0.4) is 0 Å². The van der Waals surface area contributed by atoms with Crippen LogP contribution < -0.4 is 0 Å². The Morgan fingerprint density at radius 3 is 2.43 bits per heavy atom. The Labute approximate surface area is 89.4 Å². The summed E-state index contributed by atoms with van der Waals surface area (Å²) in [5.74, 6) is 0. The van der Waals surface area contributed by atoms with Gasteiger partial charge >= 0.3 is 11.9 Å². The zero-order valence-electron chi connectivity index (χ0n) is 6.38. The maximum atomic E-state index is 12.2. The third-order valence-electron chi connectivity index (χ3n) is 1.36. The Morgan fingerprint density at radius 2 is 2.00 bits per heavy atom. The molecule has 0 radical (unpaired) electrons. The molecule has 0 N–H and O–H groups in total. The molecule has 14 heavy (non-hydrogen) atoms. The highest BCUT2D eigenvalue weighted by atomic mass is 127. The molecule has 8 heteroatoms. The van der Waals surface area contributed by atoms with Gasteiger partial charge in [0.15, 0.2) is 0 Å². The van der Waals surface area contributed by atoms with E-state index in [1.54, 1.807) is 0 Å². The van der Waals surface area contributed by atoms with E-state index < -0.39 is 25.9 Å². The van der Waals surface area contributed by atoms with E-state index in [-0.39, 0.29) is 0 Å². The molecule has 1 aromatic heterocycles. The van der Waals surface area contributed by atoms with E-state index in [9.17, 15) is 23.3 Å². The molecule has 0 unspecified atom stereocenters. The number of hydrogen-bond acceptors (Lipinski definition) is 3. The van der Waals surface area contributed by atoms with Crippen molar-refractivity contribution in [1.29, 1.82) is 0 Å². The summed E-state index contributed by atoms with van der Waals surface area (Å²) in [7, 11) is 0. The summed E-state index contributed by atoms with van der Waals surface area (Å²) in [6.45, 7) is 0. The number of nitro groups is 1. The highest BCUT2D eigenvalue weighted by Crippen LogP contribution is 2.35. The van der Waals surface area contributed by atoms with Crippen LogP contribution in [0, 0.1) is 13.7 Å².